The number of aromatic nitrogens is 1. The second kappa shape index (κ2) is 4.63. The Kier molecular flexibility index (Phi) is 3.12. The molecule has 1 heterocycles. The van der Waals surface area contributed by atoms with Gasteiger partial charge in [0.1, 0.15) is 0 Å². The van der Waals surface area contributed by atoms with Crippen LogP contribution in [0, 0.1) is 5.92 Å². The molecule has 0 aliphatic heterocycles. The summed E-state index contributed by atoms with van der Waals surface area (Å²) in [7, 11) is 0. The molecule has 1 aromatic rings. The molecule has 2 aliphatic carbocycles. The highest BCUT2D eigenvalue weighted by Gasteiger charge is 2.52. The van der Waals surface area contributed by atoms with E-state index in [0.717, 1.165) is 32.1 Å². The topological polar surface area (TPSA) is 53.4 Å². The SMILES string of the molecule is OCCC[C@@]12c3cccnc3CC1CCC[C@H]2O. The van der Waals surface area contributed by atoms with E-state index in [1.807, 2.05) is 12.3 Å². The summed E-state index contributed by atoms with van der Waals surface area (Å²) in [4.78, 5) is 4.50. The Bertz CT molecular complexity index is 434. The zero-order valence-corrected chi connectivity index (χ0v) is 10.7. The zero-order valence-electron chi connectivity index (χ0n) is 10.7. The van der Waals surface area contributed by atoms with E-state index in [9.17, 15) is 5.11 Å². The van der Waals surface area contributed by atoms with E-state index in [1.165, 1.54) is 17.7 Å². The van der Waals surface area contributed by atoms with E-state index in [1.54, 1.807) is 0 Å². The van der Waals surface area contributed by atoms with Crippen LogP contribution in [-0.2, 0) is 11.8 Å². The van der Waals surface area contributed by atoms with E-state index >= 15 is 0 Å². The molecule has 0 spiro atoms. The van der Waals surface area contributed by atoms with Crippen molar-refractivity contribution in [3.63, 3.8) is 0 Å². The summed E-state index contributed by atoms with van der Waals surface area (Å²) in [5, 5.41) is 19.7. The summed E-state index contributed by atoms with van der Waals surface area (Å²) in [6.45, 7) is 0.205. The molecule has 3 rings (SSSR count). The fourth-order valence-electron chi connectivity index (χ4n) is 4.16. The molecule has 0 bridgehead atoms. The first-order chi connectivity index (χ1) is 8.79. The van der Waals surface area contributed by atoms with Crippen molar-refractivity contribution in [3.05, 3.63) is 29.6 Å². The smallest absolute Gasteiger partial charge is 0.0640 e. The third-order valence-electron chi connectivity index (χ3n) is 4.93. The molecule has 0 amide bonds. The van der Waals surface area contributed by atoms with Crippen LogP contribution in [0.2, 0.25) is 0 Å². The van der Waals surface area contributed by atoms with Crippen molar-refractivity contribution < 1.29 is 10.2 Å². The Labute approximate surface area is 108 Å². The van der Waals surface area contributed by atoms with E-state index < -0.39 is 0 Å². The lowest BCUT2D eigenvalue weighted by atomic mass is 9.62. The molecule has 0 radical (unpaired) electrons. The maximum absolute atomic E-state index is 10.6. The number of fused-ring (bicyclic) bond motifs is 3. The molecule has 1 aromatic heterocycles. The van der Waals surface area contributed by atoms with Crippen LogP contribution < -0.4 is 0 Å². The number of hydrogen-bond acceptors (Lipinski definition) is 3. The van der Waals surface area contributed by atoms with Gasteiger partial charge in [-0.25, -0.2) is 0 Å². The normalized spacial score (nSPS) is 34.1. The Morgan fingerprint density at radius 1 is 1.39 bits per heavy atom. The molecular formula is C15H21NO2. The van der Waals surface area contributed by atoms with Gasteiger partial charge in [-0.3, -0.25) is 4.98 Å². The number of hydrogen-bond donors (Lipinski definition) is 2. The Hall–Kier alpha value is -0.930. The molecule has 0 saturated heterocycles. The van der Waals surface area contributed by atoms with Crippen LogP contribution in [0.25, 0.3) is 0 Å². The first kappa shape index (κ1) is 12.1. The van der Waals surface area contributed by atoms with Gasteiger partial charge in [-0.05, 0) is 49.7 Å². The molecule has 3 atom stereocenters. The van der Waals surface area contributed by atoms with Crippen LogP contribution in [0.5, 0.6) is 0 Å². The maximum Gasteiger partial charge on any atom is 0.0640 e. The van der Waals surface area contributed by atoms with Crippen molar-refractivity contribution in [1.29, 1.82) is 0 Å². The van der Waals surface area contributed by atoms with Crippen LogP contribution >= 0.6 is 0 Å². The molecule has 2 aliphatic rings. The molecule has 18 heavy (non-hydrogen) atoms. The largest absolute Gasteiger partial charge is 0.396 e. The average molecular weight is 247 g/mol. The summed E-state index contributed by atoms with van der Waals surface area (Å²) in [5.41, 5.74) is 2.28. The van der Waals surface area contributed by atoms with Crippen molar-refractivity contribution in [2.45, 2.75) is 50.0 Å². The second-order valence-corrected chi connectivity index (χ2v) is 5.71. The lowest BCUT2D eigenvalue weighted by Gasteiger charge is -2.44. The van der Waals surface area contributed by atoms with Crippen molar-refractivity contribution in [2.24, 2.45) is 5.92 Å². The fraction of sp³-hybridized carbons (Fsp3) is 0.667. The first-order valence-corrected chi connectivity index (χ1v) is 7.02. The molecular weight excluding hydrogens is 226 g/mol. The van der Waals surface area contributed by atoms with Gasteiger partial charge in [0, 0.05) is 23.9 Å². The minimum absolute atomic E-state index is 0.134. The molecule has 1 fully saturated rings. The first-order valence-electron chi connectivity index (χ1n) is 7.02. The van der Waals surface area contributed by atoms with Crippen molar-refractivity contribution in [2.75, 3.05) is 6.61 Å². The third-order valence-corrected chi connectivity index (χ3v) is 4.93. The van der Waals surface area contributed by atoms with Crippen molar-refractivity contribution >= 4 is 0 Å². The summed E-state index contributed by atoms with van der Waals surface area (Å²) >= 11 is 0. The van der Waals surface area contributed by atoms with Gasteiger partial charge in [0.05, 0.1) is 6.10 Å². The lowest BCUT2D eigenvalue weighted by molar-refractivity contribution is 0.00253. The lowest BCUT2D eigenvalue weighted by Crippen LogP contribution is -2.46. The number of aliphatic hydroxyl groups is 2. The predicted molar refractivity (Wildman–Crippen MR) is 69.3 cm³/mol. The highest BCUT2D eigenvalue weighted by Crippen LogP contribution is 2.53. The van der Waals surface area contributed by atoms with Gasteiger partial charge in [0.15, 0.2) is 0 Å². The fourth-order valence-corrected chi connectivity index (χ4v) is 4.16. The van der Waals surface area contributed by atoms with Gasteiger partial charge in [-0.1, -0.05) is 12.5 Å². The third kappa shape index (κ3) is 1.61. The van der Waals surface area contributed by atoms with Crippen LogP contribution in [0.15, 0.2) is 18.3 Å². The number of aliphatic hydroxyl groups excluding tert-OH is 2. The van der Waals surface area contributed by atoms with Gasteiger partial charge in [0.2, 0.25) is 0 Å². The number of rotatable bonds is 3. The Balaban J connectivity index is 2.05. The minimum atomic E-state index is -0.270. The second-order valence-electron chi connectivity index (χ2n) is 5.71. The van der Waals surface area contributed by atoms with Crippen LogP contribution in [0.4, 0.5) is 0 Å². The maximum atomic E-state index is 10.6. The predicted octanol–water partition coefficient (Wildman–Crippen LogP) is 1.81. The van der Waals surface area contributed by atoms with Gasteiger partial charge < -0.3 is 10.2 Å². The van der Waals surface area contributed by atoms with Gasteiger partial charge in [-0.15, -0.1) is 0 Å². The molecule has 0 aromatic carbocycles. The van der Waals surface area contributed by atoms with Crippen LogP contribution in [0.1, 0.15) is 43.4 Å². The van der Waals surface area contributed by atoms with E-state index in [2.05, 4.69) is 11.1 Å². The standard InChI is InChI=1S/C15H21NO2/c17-9-3-7-15-11(4-1-6-14(15)18)10-13-12(15)5-2-8-16-13/h2,5,8,11,14,17-18H,1,3-4,6-7,9-10H2/t11?,14-,15+/m1/s1. The van der Waals surface area contributed by atoms with Gasteiger partial charge in [-0.2, -0.15) is 0 Å². The van der Waals surface area contributed by atoms with Crippen LogP contribution in [-0.4, -0.2) is 27.9 Å². The summed E-state index contributed by atoms with van der Waals surface area (Å²) in [6.07, 6.45) is 7.40. The Morgan fingerprint density at radius 2 is 2.28 bits per heavy atom. The molecule has 2 N–H and O–H groups in total. The molecule has 3 heteroatoms. The van der Waals surface area contributed by atoms with Crippen molar-refractivity contribution in [3.8, 4) is 0 Å². The van der Waals surface area contributed by atoms with E-state index in [4.69, 9.17) is 5.11 Å². The Morgan fingerprint density at radius 3 is 3.11 bits per heavy atom. The summed E-state index contributed by atoms with van der Waals surface area (Å²) in [5.74, 6) is 0.512. The summed E-state index contributed by atoms with van der Waals surface area (Å²) in [6, 6.07) is 4.11. The molecule has 1 saturated carbocycles. The number of nitrogens with zero attached hydrogens (tertiary/aromatic N) is 1. The van der Waals surface area contributed by atoms with Gasteiger partial charge >= 0.3 is 0 Å². The highest BCUT2D eigenvalue weighted by atomic mass is 16.3. The monoisotopic (exact) mass is 247 g/mol. The number of pyridine rings is 1. The van der Waals surface area contributed by atoms with Gasteiger partial charge in [0.25, 0.3) is 0 Å². The highest BCUT2D eigenvalue weighted by molar-refractivity contribution is 5.39. The van der Waals surface area contributed by atoms with E-state index in [0.29, 0.717) is 5.92 Å². The van der Waals surface area contributed by atoms with E-state index in [-0.39, 0.29) is 18.1 Å². The quantitative estimate of drug-likeness (QED) is 0.856. The van der Waals surface area contributed by atoms with Crippen molar-refractivity contribution in [1.82, 2.24) is 4.98 Å². The zero-order chi connectivity index (χ0) is 12.6. The van der Waals surface area contributed by atoms with Crippen LogP contribution in [0.3, 0.4) is 0 Å². The molecule has 98 valence electrons. The molecule has 3 nitrogen and oxygen atoms in total. The molecule has 1 unspecified atom stereocenters. The summed E-state index contributed by atoms with van der Waals surface area (Å²) < 4.78 is 0. The average Bonchev–Trinajstić information content (AvgIpc) is 2.72. The minimum Gasteiger partial charge on any atom is -0.396 e.